The molecule has 0 aliphatic carbocycles. The monoisotopic (exact) mass is 255 g/mol. The van der Waals surface area contributed by atoms with Crippen LogP contribution in [0.3, 0.4) is 0 Å². The van der Waals surface area contributed by atoms with E-state index in [2.05, 4.69) is 0 Å². The molecule has 7 heteroatoms. The maximum Gasteiger partial charge on any atom is 0.416 e. The van der Waals surface area contributed by atoms with Crippen LogP contribution in [0.25, 0.3) is 0 Å². The van der Waals surface area contributed by atoms with Gasteiger partial charge in [-0.3, -0.25) is 4.79 Å². The summed E-state index contributed by atoms with van der Waals surface area (Å²) in [4.78, 5) is 10.5. The Morgan fingerprint density at radius 3 is 2.25 bits per heavy atom. The molecule has 1 aromatic carbocycles. The normalized spacial score (nSPS) is 12.8. The second kappa shape index (κ2) is 5.18. The van der Waals surface area contributed by atoms with Crippen molar-refractivity contribution in [3.8, 4) is 0 Å². The lowest BCUT2D eigenvalue weighted by Gasteiger charge is -2.14. The molecule has 0 bridgehead atoms. The molecule has 0 saturated carbocycles. The molecule has 0 heterocycles. The number of carboxylic acid groups (broad SMARTS) is 1. The van der Waals surface area contributed by atoms with E-state index in [9.17, 15) is 18.0 Å². The number of alkyl halides is 3. The van der Waals surface area contributed by atoms with Gasteiger partial charge in [0.2, 0.25) is 0 Å². The van der Waals surface area contributed by atoms with E-state index in [1.165, 1.54) is 12.1 Å². The van der Waals surface area contributed by atoms with Crippen molar-refractivity contribution in [1.82, 2.24) is 0 Å². The minimum Gasteiger partial charge on any atom is -0.480 e. The van der Waals surface area contributed by atoms with Crippen molar-refractivity contribution in [2.24, 2.45) is 5.73 Å². The lowest BCUT2D eigenvalue weighted by Crippen LogP contribution is -2.24. The summed E-state index contributed by atoms with van der Waals surface area (Å²) in [5, 5.41) is 8.53. The van der Waals surface area contributed by atoms with Gasteiger partial charge in [-0.15, -0.1) is 12.4 Å². The smallest absolute Gasteiger partial charge is 0.416 e. The molecule has 0 spiro atoms. The maximum atomic E-state index is 12.4. The van der Waals surface area contributed by atoms with Crippen LogP contribution in [0.1, 0.15) is 17.2 Å². The largest absolute Gasteiger partial charge is 0.480 e. The predicted molar refractivity (Wildman–Crippen MR) is 53.3 cm³/mol. The Morgan fingerprint density at radius 1 is 1.31 bits per heavy atom. The molecule has 16 heavy (non-hydrogen) atoms. The van der Waals surface area contributed by atoms with E-state index in [0.717, 1.165) is 12.1 Å². The third kappa shape index (κ3) is 3.11. The summed E-state index contributed by atoms with van der Waals surface area (Å²) in [7, 11) is 0. The van der Waals surface area contributed by atoms with Crippen LogP contribution in [-0.2, 0) is 11.0 Å². The molecule has 1 aromatic rings. The van der Waals surface area contributed by atoms with Gasteiger partial charge in [-0.2, -0.15) is 13.2 Å². The van der Waals surface area contributed by atoms with E-state index < -0.39 is 29.3 Å². The lowest BCUT2D eigenvalue weighted by molar-refractivity contribution is -0.141. The van der Waals surface area contributed by atoms with Crippen LogP contribution in [0.15, 0.2) is 24.3 Å². The zero-order chi connectivity index (χ0) is 11.6. The second-order valence-corrected chi connectivity index (χ2v) is 2.90. The topological polar surface area (TPSA) is 63.3 Å². The molecule has 1 rings (SSSR count). The maximum absolute atomic E-state index is 12.4. The van der Waals surface area contributed by atoms with Crippen molar-refractivity contribution in [3.05, 3.63) is 35.4 Å². The number of benzene rings is 1. The van der Waals surface area contributed by atoms with Crippen molar-refractivity contribution in [2.75, 3.05) is 0 Å². The van der Waals surface area contributed by atoms with Crippen LogP contribution in [-0.4, -0.2) is 11.1 Å². The summed E-state index contributed by atoms with van der Waals surface area (Å²) < 4.78 is 37.3. The standard InChI is InChI=1S/C9H8F3NO2.ClH/c10-9(11,12)6-4-2-1-3-5(6)7(13)8(14)15;/h1-4,7H,13H2,(H,14,15);1H. The van der Waals surface area contributed by atoms with E-state index in [1.54, 1.807) is 0 Å². The molecule has 0 aliphatic rings. The molecular weight excluding hydrogens is 247 g/mol. The first-order valence-corrected chi connectivity index (χ1v) is 3.98. The molecule has 0 aliphatic heterocycles. The van der Waals surface area contributed by atoms with Gasteiger partial charge in [0, 0.05) is 0 Å². The lowest BCUT2D eigenvalue weighted by atomic mass is 10.0. The van der Waals surface area contributed by atoms with Gasteiger partial charge < -0.3 is 10.8 Å². The highest BCUT2D eigenvalue weighted by Gasteiger charge is 2.35. The van der Waals surface area contributed by atoms with E-state index in [4.69, 9.17) is 10.8 Å². The fraction of sp³-hybridized carbons (Fsp3) is 0.222. The first kappa shape index (κ1) is 14.7. The van der Waals surface area contributed by atoms with Gasteiger partial charge in [0.1, 0.15) is 6.04 Å². The highest BCUT2D eigenvalue weighted by atomic mass is 35.5. The summed E-state index contributed by atoms with van der Waals surface area (Å²) in [6.45, 7) is 0. The molecule has 0 fully saturated rings. The Hall–Kier alpha value is -1.27. The third-order valence-electron chi connectivity index (χ3n) is 1.87. The summed E-state index contributed by atoms with van der Waals surface area (Å²) in [6.07, 6.45) is -4.59. The number of carboxylic acids is 1. The molecular formula is C9H9ClF3NO2. The zero-order valence-corrected chi connectivity index (χ0v) is 8.68. The molecule has 0 amide bonds. The SMILES string of the molecule is Cl.NC(C(=O)O)c1ccccc1C(F)(F)F. The summed E-state index contributed by atoms with van der Waals surface area (Å²) in [5.74, 6) is -1.49. The Morgan fingerprint density at radius 2 is 1.81 bits per heavy atom. The van der Waals surface area contributed by atoms with Crippen molar-refractivity contribution < 1.29 is 23.1 Å². The van der Waals surface area contributed by atoms with E-state index in [1.807, 2.05) is 0 Å². The predicted octanol–water partition coefficient (Wildman–Crippen LogP) is 2.21. The van der Waals surface area contributed by atoms with Gasteiger partial charge in [0.15, 0.2) is 0 Å². The number of carbonyl (C=O) groups is 1. The molecule has 1 unspecified atom stereocenters. The molecule has 1 atom stereocenters. The fourth-order valence-corrected chi connectivity index (χ4v) is 1.16. The van der Waals surface area contributed by atoms with Crippen LogP contribution in [0.2, 0.25) is 0 Å². The number of hydrogen-bond donors (Lipinski definition) is 2. The average Bonchev–Trinajstić information content (AvgIpc) is 2.15. The number of hydrogen-bond acceptors (Lipinski definition) is 2. The molecule has 0 aromatic heterocycles. The Bertz CT molecular complexity index is 381. The van der Waals surface area contributed by atoms with Crippen molar-refractivity contribution in [3.63, 3.8) is 0 Å². The Labute approximate surface area is 95.5 Å². The Kier molecular flexibility index (Phi) is 4.77. The van der Waals surface area contributed by atoms with Gasteiger partial charge in [-0.25, -0.2) is 0 Å². The second-order valence-electron chi connectivity index (χ2n) is 2.90. The first-order valence-electron chi connectivity index (χ1n) is 3.98. The molecule has 3 nitrogen and oxygen atoms in total. The molecule has 3 N–H and O–H groups in total. The molecule has 0 saturated heterocycles. The Balaban J connectivity index is 0.00000225. The number of nitrogens with two attached hydrogens (primary N) is 1. The zero-order valence-electron chi connectivity index (χ0n) is 7.86. The number of rotatable bonds is 2. The summed E-state index contributed by atoms with van der Waals surface area (Å²) in [5.41, 5.74) is 3.69. The van der Waals surface area contributed by atoms with Crippen LogP contribution < -0.4 is 5.73 Å². The quantitative estimate of drug-likeness (QED) is 0.852. The van der Waals surface area contributed by atoms with Gasteiger partial charge in [-0.1, -0.05) is 18.2 Å². The van der Waals surface area contributed by atoms with E-state index in [0.29, 0.717) is 0 Å². The number of halogens is 4. The summed E-state index contributed by atoms with van der Waals surface area (Å²) >= 11 is 0. The van der Waals surface area contributed by atoms with Crippen LogP contribution in [0.4, 0.5) is 13.2 Å². The highest BCUT2D eigenvalue weighted by Crippen LogP contribution is 2.33. The van der Waals surface area contributed by atoms with Crippen LogP contribution in [0.5, 0.6) is 0 Å². The minimum atomic E-state index is -4.59. The van der Waals surface area contributed by atoms with Crippen molar-refractivity contribution in [2.45, 2.75) is 12.2 Å². The van der Waals surface area contributed by atoms with Gasteiger partial charge in [0.25, 0.3) is 0 Å². The van der Waals surface area contributed by atoms with Crippen molar-refractivity contribution in [1.29, 1.82) is 0 Å². The molecule has 90 valence electrons. The highest BCUT2D eigenvalue weighted by molar-refractivity contribution is 5.85. The van der Waals surface area contributed by atoms with E-state index >= 15 is 0 Å². The fourth-order valence-electron chi connectivity index (χ4n) is 1.16. The average molecular weight is 256 g/mol. The molecule has 0 radical (unpaired) electrons. The van der Waals surface area contributed by atoms with Gasteiger partial charge >= 0.3 is 12.1 Å². The van der Waals surface area contributed by atoms with Crippen LogP contribution in [0, 0.1) is 0 Å². The van der Waals surface area contributed by atoms with Crippen LogP contribution >= 0.6 is 12.4 Å². The van der Waals surface area contributed by atoms with E-state index in [-0.39, 0.29) is 12.4 Å². The first-order chi connectivity index (χ1) is 6.84. The third-order valence-corrected chi connectivity index (χ3v) is 1.87. The summed E-state index contributed by atoms with van der Waals surface area (Å²) in [6, 6.07) is 2.69. The van der Waals surface area contributed by atoms with Gasteiger partial charge in [0.05, 0.1) is 5.56 Å². The van der Waals surface area contributed by atoms with Crippen molar-refractivity contribution >= 4 is 18.4 Å². The minimum absolute atomic E-state index is 0. The van der Waals surface area contributed by atoms with Gasteiger partial charge in [-0.05, 0) is 11.6 Å². The number of aliphatic carboxylic acids is 1.